The fourth-order valence-corrected chi connectivity index (χ4v) is 6.17. The van der Waals surface area contributed by atoms with Crippen LogP contribution in [-0.2, 0) is 28.5 Å². The first-order valence-corrected chi connectivity index (χ1v) is 16.0. The van der Waals surface area contributed by atoms with Crippen molar-refractivity contribution in [1.82, 2.24) is 0 Å². The average Bonchev–Trinajstić information content (AvgIpc) is 3.25. The fourth-order valence-electron chi connectivity index (χ4n) is 6.17. The molecule has 7 nitrogen and oxygen atoms in total. The van der Waals surface area contributed by atoms with Gasteiger partial charge in [-0.3, -0.25) is 4.79 Å². The number of hydrogen-bond donors (Lipinski definition) is 1. The van der Waals surface area contributed by atoms with E-state index in [1.807, 2.05) is 0 Å². The van der Waals surface area contributed by atoms with Gasteiger partial charge in [-0.15, -0.1) is 0 Å². The Hall–Kier alpha value is -1.25. The predicted molar refractivity (Wildman–Crippen MR) is 157 cm³/mol. The first-order valence-electron chi connectivity index (χ1n) is 16.0. The number of carbonyl (C=O) groups is 1. The second-order valence-corrected chi connectivity index (χ2v) is 12.3. The van der Waals surface area contributed by atoms with Crippen molar-refractivity contribution >= 4 is 5.97 Å². The van der Waals surface area contributed by atoms with Crippen LogP contribution in [0.4, 0.5) is 0 Å². The van der Waals surface area contributed by atoms with Crippen LogP contribution in [-0.4, -0.2) is 62.3 Å². The van der Waals surface area contributed by atoms with Crippen molar-refractivity contribution in [3.05, 3.63) is 23.8 Å². The van der Waals surface area contributed by atoms with Crippen LogP contribution in [0, 0.1) is 17.8 Å². The second kappa shape index (κ2) is 18.3. The van der Waals surface area contributed by atoms with Gasteiger partial charge in [0, 0.05) is 32.0 Å². The summed E-state index contributed by atoms with van der Waals surface area (Å²) in [6, 6.07) is 0. The molecule has 40 heavy (non-hydrogen) atoms. The molecule has 2 aliphatic heterocycles. The van der Waals surface area contributed by atoms with E-state index in [2.05, 4.69) is 39.0 Å². The number of unbranched alkanes of at least 4 members (excludes halogenated alkanes) is 3. The Morgan fingerprint density at radius 2 is 1.70 bits per heavy atom. The Morgan fingerprint density at radius 3 is 2.35 bits per heavy atom. The highest BCUT2D eigenvalue weighted by Gasteiger charge is 2.43. The first kappa shape index (κ1) is 33.3. The number of hydrogen-bond acceptors (Lipinski definition) is 7. The van der Waals surface area contributed by atoms with Gasteiger partial charge >= 0.3 is 5.97 Å². The molecule has 7 heteroatoms. The molecule has 0 radical (unpaired) electrons. The largest absolute Gasteiger partial charge is 0.469 e. The smallest absolute Gasteiger partial charge is 0.305 e. The lowest BCUT2D eigenvalue weighted by Crippen LogP contribution is -2.32. The summed E-state index contributed by atoms with van der Waals surface area (Å²) in [4.78, 5) is 11.4. The van der Waals surface area contributed by atoms with Crippen LogP contribution >= 0.6 is 0 Å². The van der Waals surface area contributed by atoms with E-state index in [-0.39, 0.29) is 42.6 Å². The molecule has 1 N–H and O–H groups in total. The molecule has 0 aromatic rings. The van der Waals surface area contributed by atoms with E-state index in [1.165, 1.54) is 12.7 Å². The molecule has 230 valence electrons. The lowest BCUT2D eigenvalue weighted by molar-refractivity contribution is -0.193. The molecule has 3 unspecified atom stereocenters. The Kier molecular flexibility index (Phi) is 15.2. The zero-order valence-electron chi connectivity index (χ0n) is 25.6. The lowest BCUT2D eigenvalue weighted by Gasteiger charge is -2.31. The van der Waals surface area contributed by atoms with E-state index >= 15 is 0 Å². The van der Waals surface area contributed by atoms with Crippen LogP contribution in [0.5, 0.6) is 0 Å². The zero-order chi connectivity index (χ0) is 28.7. The van der Waals surface area contributed by atoms with Crippen molar-refractivity contribution in [2.75, 3.05) is 20.3 Å². The van der Waals surface area contributed by atoms with Crippen LogP contribution < -0.4 is 0 Å². The van der Waals surface area contributed by atoms with Crippen LogP contribution in [0.15, 0.2) is 23.8 Å². The third-order valence-electron chi connectivity index (χ3n) is 8.68. The van der Waals surface area contributed by atoms with Crippen molar-refractivity contribution in [2.24, 2.45) is 17.8 Å². The Morgan fingerprint density at radius 1 is 1.00 bits per heavy atom. The molecular weight excluding hydrogens is 508 g/mol. The van der Waals surface area contributed by atoms with Crippen LogP contribution in [0.2, 0.25) is 0 Å². The van der Waals surface area contributed by atoms with Gasteiger partial charge < -0.3 is 28.8 Å². The van der Waals surface area contributed by atoms with E-state index in [0.717, 1.165) is 90.3 Å². The summed E-state index contributed by atoms with van der Waals surface area (Å²) in [5.74, 6) is 0.391. The molecule has 0 bridgehead atoms. The number of carbonyl (C=O) groups excluding carboxylic acids is 1. The van der Waals surface area contributed by atoms with Crippen molar-refractivity contribution < 1.29 is 33.6 Å². The number of methoxy groups -OCH3 is 1. The summed E-state index contributed by atoms with van der Waals surface area (Å²) < 4.78 is 29.7. The average molecular weight is 565 g/mol. The van der Waals surface area contributed by atoms with Gasteiger partial charge in [0.25, 0.3) is 0 Å². The van der Waals surface area contributed by atoms with E-state index in [9.17, 15) is 9.90 Å². The minimum Gasteiger partial charge on any atom is -0.469 e. The predicted octanol–water partition coefficient (Wildman–Crippen LogP) is 6.87. The van der Waals surface area contributed by atoms with Crippen LogP contribution in [0.1, 0.15) is 111 Å². The van der Waals surface area contributed by atoms with Gasteiger partial charge in [-0.1, -0.05) is 50.0 Å². The molecule has 0 amide bonds. The summed E-state index contributed by atoms with van der Waals surface area (Å²) >= 11 is 0. The summed E-state index contributed by atoms with van der Waals surface area (Å²) in [7, 11) is 1.44. The normalized spacial score (nSPS) is 30.7. The minimum absolute atomic E-state index is 0.0676. The van der Waals surface area contributed by atoms with E-state index < -0.39 is 6.10 Å². The zero-order valence-corrected chi connectivity index (χ0v) is 25.6. The third kappa shape index (κ3) is 11.6. The van der Waals surface area contributed by atoms with Crippen molar-refractivity contribution in [1.29, 1.82) is 0 Å². The van der Waals surface area contributed by atoms with Crippen LogP contribution in [0.25, 0.3) is 0 Å². The molecule has 2 heterocycles. The molecule has 0 spiro atoms. The molecule has 0 aromatic heterocycles. The summed E-state index contributed by atoms with van der Waals surface area (Å²) in [6.07, 6.45) is 19.1. The maximum Gasteiger partial charge on any atom is 0.305 e. The van der Waals surface area contributed by atoms with Gasteiger partial charge in [-0.2, -0.15) is 0 Å². The second-order valence-electron chi connectivity index (χ2n) is 12.3. The summed E-state index contributed by atoms with van der Waals surface area (Å²) in [5.41, 5.74) is 1.31. The van der Waals surface area contributed by atoms with Gasteiger partial charge in [0.15, 0.2) is 12.6 Å². The van der Waals surface area contributed by atoms with E-state index in [1.54, 1.807) is 0 Å². The number of rotatable bonds is 16. The molecule has 3 aliphatic rings. The highest BCUT2D eigenvalue weighted by atomic mass is 16.7. The number of aliphatic hydroxyl groups is 1. The first-order chi connectivity index (χ1) is 19.4. The molecule has 1 aliphatic carbocycles. The van der Waals surface area contributed by atoms with Gasteiger partial charge in [-0.05, 0) is 83.5 Å². The fraction of sp³-hybridized carbons (Fsp3) is 0.848. The topological polar surface area (TPSA) is 83.5 Å². The molecular formula is C33H56O7. The highest BCUT2D eigenvalue weighted by Crippen LogP contribution is 2.40. The van der Waals surface area contributed by atoms with Crippen molar-refractivity contribution in [3.63, 3.8) is 0 Å². The maximum absolute atomic E-state index is 11.4. The highest BCUT2D eigenvalue weighted by molar-refractivity contribution is 5.68. The molecule has 3 fully saturated rings. The molecule has 2 saturated heterocycles. The quantitative estimate of drug-likeness (QED) is 0.124. The molecule has 1 saturated carbocycles. The lowest BCUT2D eigenvalue weighted by atomic mass is 9.87. The van der Waals surface area contributed by atoms with Crippen molar-refractivity contribution in [2.45, 2.75) is 142 Å². The number of esters is 1. The number of ether oxygens (including phenoxy) is 5. The maximum atomic E-state index is 11.4. The van der Waals surface area contributed by atoms with Gasteiger partial charge in [0.05, 0.1) is 25.4 Å². The van der Waals surface area contributed by atoms with Gasteiger partial charge in [-0.25, -0.2) is 0 Å². The third-order valence-corrected chi connectivity index (χ3v) is 8.68. The van der Waals surface area contributed by atoms with E-state index in [0.29, 0.717) is 18.8 Å². The van der Waals surface area contributed by atoms with Crippen molar-refractivity contribution in [3.8, 4) is 0 Å². The van der Waals surface area contributed by atoms with Gasteiger partial charge in [0.1, 0.15) is 0 Å². The minimum atomic E-state index is -0.401. The van der Waals surface area contributed by atoms with Crippen LogP contribution in [0.3, 0.4) is 0 Å². The summed E-state index contributed by atoms with van der Waals surface area (Å²) in [6.45, 7) is 8.03. The Bertz CT molecular complexity index is 765. The van der Waals surface area contributed by atoms with Gasteiger partial charge in [0.2, 0.25) is 0 Å². The molecule has 8 atom stereocenters. The standard InChI is InChI=1S/C33H56O7/c1-24(2)17-18-25(3)29(39-32-15-9-11-21-37-32)20-19-27-26(13-7-5-6-8-14-31(35)36-4)28(34)23-30(27)40-33-16-10-12-22-38-33/h17,19-20,25-30,32-34H,5-16,18,21-23H2,1-4H3/t25?,26-,27-,28+,29-,30-,32?,33?/m1/s1. The molecule has 3 rings (SSSR count). The number of allylic oxidation sites excluding steroid dienone is 2. The Balaban J connectivity index is 1.68. The monoisotopic (exact) mass is 564 g/mol. The Labute approximate surface area is 243 Å². The van der Waals surface area contributed by atoms with E-state index in [4.69, 9.17) is 23.7 Å². The number of aliphatic hydroxyl groups excluding tert-OH is 1. The summed E-state index contributed by atoms with van der Waals surface area (Å²) in [5, 5.41) is 11.2. The molecule has 0 aromatic carbocycles. The SMILES string of the molecule is COC(=O)CCCCCC[C@@H]1[C@@H](C=C[C@@H](OC2CCCCO2)C(C)CC=C(C)C)[C@H](OC2CCCCO2)C[C@@H]1O.